The normalized spacial score (nSPS) is 10.6. The molecule has 0 unspecified atom stereocenters. The van der Waals surface area contributed by atoms with Crippen molar-refractivity contribution in [2.24, 2.45) is 0 Å². The molecule has 3 amide bonds. The number of rotatable bonds is 8. The summed E-state index contributed by atoms with van der Waals surface area (Å²) >= 11 is 0. The minimum atomic E-state index is -0.730. The Morgan fingerprint density at radius 3 is 2.39 bits per heavy atom. The highest BCUT2D eigenvalue weighted by molar-refractivity contribution is 5.97. The van der Waals surface area contributed by atoms with Crippen molar-refractivity contribution < 1.29 is 23.2 Å². The Kier molecular flexibility index (Phi) is 7.70. The number of nitrogens with zero attached hydrogens (tertiary/aromatic N) is 1. The average Bonchev–Trinajstić information content (AvgIpc) is 3.17. The largest absolute Gasteiger partial charge is 0.454 e. The van der Waals surface area contributed by atoms with Gasteiger partial charge in [-0.25, -0.2) is 4.39 Å². The first-order valence-electron chi connectivity index (χ1n) is 8.87. The summed E-state index contributed by atoms with van der Waals surface area (Å²) in [5.74, 6) is -2.03. The molecule has 0 bridgehead atoms. The van der Waals surface area contributed by atoms with Gasteiger partial charge in [0.2, 0.25) is 0 Å². The van der Waals surface area contributed by atoms with Gasteiger partial charge in [-0.05, 0) is 37.4 Å². The third-order valence-electron chi connectivity index (χ3n) is 4.00. The summed E-state index contributed by atoms with van der Waals surface area (Å²) in [6, 6.07) is 8.63. The second-order valence-corrected chi connectivity index (χ2v) is 5.89. The van der Waals surface area contributed by atoms with Crippen molar-refractivity contribution in [1.82, 2.24) is 21.1 Å². The molecule has 1 heterocycles. The van der Waals surface area contributed by atoms with Crippen molar-refractivity contribution in [2.75, 3.05) is 19.6 Å². The lowest BCUT2D eigenvalue weighted by Gasteiger charge is -2.15. The van der Waals surface area contributed by atoms with Crippen LogP contribution in [0.3, 0.4) is 0 Å². The summed E-state index contributed by atoms with van der Waals surface area (Å²) in [6.07, 6.45) is 0. The molecule has 0 aliphatic rings. The first kappa shape index (κ1) is 21.1. The molecular weight excluding hydrogens is 367 g/mol. The van der Waals surface area contributed by atoms with Crippen LogP contribution in [0.5, 0.6) is 0 Å². The zero-order valence-corrected chi connectivity index (χ0v) is 15.8. The lowest BCUT2D eigenvalue weighted by molar-refractivity contribution is -0.120. The first-order valence-corrected chi connectivity index (χ1v) is 8.87. The molecule has 28 heavy (non-hydrogen) atoms. The summed E-state index contributed by atoms with van der Waals surface area (Å²) in [5, 5.41) is 2.27. The van der Waals surface area contributed by atoms with Crippen LogP contribution in [-0.4, -0.2) is 42.3 Å². The van der Waals surface area contributed by atoms with Crippen molar-refractivity contribution in [2.45, 2.75) is 20.4 Å². The van der Waals surface area contributed by atoms with Gasteiger partial charge in [0.15, 0.2) is 5.76 Å². The van der Waals surface area contributed by atoms with E-state index in [1.54, 1.807) is 6.07 Å². The Morgan fingerprint density at radius 1 is 1.00 bits per heavy atom. The van der Waals surface area contributed by atoms with Crippen LogP contribution in [0.2, 0.25) is 0 Å². The van der Waals surface area contributed by atoms with Crippen molar-refractivity contribution in [3.8, 4) is 0 Å². The van der Waals surface area contributed by atoms with Gasteiger partial charge in [-0.1, -0.05) is 26.0 Å². The van der Waals surface area contributed by atoms with Crippen molar-refractivity contribution in [3.63, 3.8) is 0 Å². The lowest BCUT2D eigenvalue weighted by atomic mass is 10.2. The molecule has 0 aliphatic carbocycles. The number of carbonyl (C=O) groups excluding carboxylic acids is 3. The maximum Gasteiger partial charge on any atom is 0.305 e. The van der Waals surface area contributed by atoms with Gasteiger partial charge in [0.1, 0.15) is 11.6 Å². The molecule has 0 radical (unpaired) electrons. The number of hydrogen-bond acceptors (Lipinski definition) is 5. The molecule has 2 rings (SSSR count). The summed E-state index contributed by atoms with van der Waals surface area (Å²) in [6.45, 7) is 5.91. The molecule has 0 fully saturated rings. The smallest absolute Gasteiger partial charge is 0.305 e. The van der Waals surface area contributed by atoms with Crippen LogP contribution in [0, 0.1) is 5.82 Å². The highest BCUT2D eigenvalue weighted by Crippen LogP contribution is 2.10. The molecule has 0 atom stereocenters. The quantitative estimate of drug-likeness (QED) is 0.592. The highest BCUT2D eigenvalue weighted by Gasteiger charge is 2.15. The Hall–Kier alpha value is -3.20. The predicted molar refractivity (Wildman–Crippen MR) is 99.7 cm³/mol. The Labute approximate surface area is 162 Å². The number of furan rings is 1. The molecule has 0 aliphatic heterocycles. The van der Waals surface area contributed by atoms with Gasteiger partial charge < -0.3 is 9.73 Å². The minimum absolute atomic E-state index is 0.0536. The van der Waals surface area contributed by atoms with Gasteiger partial charge in [0.25, 0.3) is 11.8 Å². The van der Waals surface area contributed by atoms with E-state index in [2.05, 4.69) is 21.1 Å². The second kappa shape index (κ2) is 10.2. The van der Waals surface area contributed by atoms with Gasteiger partial charge in [-0.3, -0.25) is 30.1 Å². The fraction of sp³-hybridized carbons (Fsp3) is 0.316. The lowest BCUT2D eigenvalue weighted by Crippen LogP contribution is -2.46. The third kappa shape index (κ3) is 5.92. The molecule has 9 heteroatoms. The number of amides is 3. The number of hydrogen-bond donors (Lipinski definition) is 3. The molecule has 2 aromatic rings. The van der Waals surface area contributed by atoms with Gasteiger partial charge >= 0.3 is 5.91 Å². The molecule has 1 aromatic heterocycles. The number of hydrazine groups is 1. The van der Waals surface area contributed by atoms with Crippen molar-refractivity contribution >= 4 is 17.7 Å². The zero-order valence-electron chi connectivity index (χ0n) is 15.8. The topological polar surface area (TPSA) is 104 Å². The molecule has 0 saturated carbocycles. The third-order valence-corrected chi connectivity index (χ3v) is 4.00. The first-order chi connectivity index (χ1) is 13.4. The van der Waals surface area contributed by atoms with Crippen LogP contribution in [0.25, 0.3) is 0 Å². The molecule has 0 saturated heterocycles. The number of nitrogens with one attached hydrogen (secondary N) is 3. The molecular formula is C19H23FN4O4. The van der Waals surface area contributed by atoms with Crippen LogP contribution in [-0.2, 0) is 11.3 Å². The summed E-state index contributed by atoms with van der Waals surface area (Å²) in [7, 11) is 0. The average molecular weight is 390 g/mol. The predicted octanol–water partition coefficient (Wildman–Crippen LogP) is 1.45. The fourth-order valence-corrected chi connectivity index (χ4v) is 2.39. The van der Waals surface area contributed by atoms with Crippen molar-refractivity contribution in [1.29, 1.82) is 0 Å². The summed E-state index contributed by atoms with van der Waals surface area (Å²) in [4.78, 5) is 37.7. The van der Waals surface area contributed by atoms with Crippen LogP contribution >= 0.6 is 0 Å². The maximum absolute atomic E-state index is 13.5. The minimum Gasteiger partial charge on any atom is -0.454 e. The molecule has 150 valence electrons. The van der Waals surface area contributed by atoms with Gasteiger partial charge in [0.05, 0.1) is 18.7 Å². The number of benzene rings is 1. The molecule has 8 nitrogen and oxygen atoms in total. The maximum atomic E-state index is 13.5. The van der Waals surface area contributed by atoms with Crippen LogP contribution in [0.1, 0.15) is 40.5 Å². The standard InChI is InChI=1S/C19H23FN4O4/c1-3-24(4-2)12-13-9-10-16(28-13)19(27)23-22-17(25)11-21-18(26)14-7-5-6-8-15(14)20/h5-10H,3-4,11-12H2,1-2H3,(H,21,26)(H,22,25)(H,23,27). The Balaban J connectivity index is 1.78. The van der Waals surface area contributed by atoms with E-state index in [1.807, 2.05) is 13.8 Å². The monoisotopic (exact) mass is 390 g/mol. The van der Waals surface area contributed by atoms with Gasteiger partial charge in [0, 0.05) is 0 Å². The fourth-order valence-electron chi connectivity index (χ4n) is 2.39. The SMILES string of the molecule is CCN(CC)Cc1ccc(C(=O)NNC(=O)CNC(=O)c2ccccc2F)o1. The number of carbonyl (C=O) groups is 3. The summed E-state index contributed by atoms with van der Waals surface area (Å²) < 4.78 is 19.0. The van der Waals surface area contributed by atoms with Gasteiger partial charge in [-0.15, -0.1) is 0 Å². The molecule has 3 N–H and O–H groups in total. The Morgan fingerprint density at radius 2 is 1.71 bits per heavy atom. The molecule has 1 aromatic carbocycles. The van der Waals surface area contributed by atoms with E-state index in [0.29, 0.717) is 12.3 Å². The zero-order chi connectivity index (χ0) is 20.5. The van der Waals surface area contributed by atoms with Crippen LogP contribution in [0.15, 0.2) is 40.8 Å². The molecule has 0 spiro atoms. The van der Waals surface area contributed by atoms with E-state index in [9.17, 15) is 18.8 Å². The van der Waals surface area contributed by atoms with E-state index in [4.69, 9.17) is 4.42 Å². The number of halogens is 1. The van der Waals surface area contributed by atoms with Crippen molar-refractivity contribution in [3.05, 3.63) is 59.3 Å². The van der Waals surface area contributed by atoms with E-state index < -0.39 is 30.1 Å². The van der Waals surface area contributed by atoms with E-state index in [0.717, 1.165) is 19.2 Å². The van der Waals surface area contributed by atoms with Gasteiger partial charge in [-0.2, -0.15) is 0 Å². The van der Waals surface area contributed by atoms with E-state index in [1.165, 1.54) is 24.3 Å². The summed E-state index contributed by atoms with van der Waals surface area (Å²) in [5.41, 5.74) is 4.18. The van der Waals surface area contributed by atoms with E-state index >= 15 is 0 Å². The van der Waals surface area contributed by atoms with Crippen LogP contribution < -0.4 is 16.2 Å². The van der Waals surface area contributed by atoms with E-state index in [-0.39, 0.29) is 11.3 Å². The highest BCUT2D eigenvalue weighted by atomic mass is 19.1. The Bertz CT molecular complexity index is 833. The van der Waals surface area contributed by atoms with Crippen LogP contribution in [0.4, 0.5) is 4.39 Å². The second-order valence-electron chi connectivity index (χ2n) is 5.89.